The van der Waals surface area contributed by atoms with Gasteiger partial charge in [0.15, 0.2) is 17.9 Å². The van der Waals surface area contributed by atoms with Crippen molar-refractivity contribution in [1.29, 1.82) is 0 Å². The van der Waals surface area contributed by atoms with Crippen LogP contribution in [0.3, 0.4) is 0 Å². The Kier molecular flexibility index (Phi) is 5.26. The molecule has 0 bridgehead atoms. The first kappa shape index (κ1) is 19.5. The van der Waals surface area contributed by atoms with E-state index < -0.39 is 17.9 Å². The van der Waals surface area contributed by atoms with E-state index in [0.717, 1.165) is 12.8 Å². The highest BCUT2D eigenvalue weighted by Crippen LogP contribution is 2.42. The smallest absolute Gasteiger partial charge is 0.190 e. The van der Waals surface area contributed by atoms with Gasteiger partial charge < -0.3 is 28.4 Å². The lowest BCUT2D eigenvalue weighted by atomic mass is 9.91. The summed E-state index contributed by atoms with van der Waals surface area (Å²) in [5.41, 5.74) is 0.304. The molecule has 3 aliphatic rings. The Morgan fingerprint density at radius 2 is 1.68 bits per heavy atom. The Labute approximate surface area is 151 Å². The van der Waals surface area contributed by atoms with Crippen molar-refractivity contribution in [3.05, 3.63) is 0 Å². The van der Waals surface area contributed by atoms with Gasteiger partial charge in [-0.05, 0) is 46.0 Å². The van der Waals surface area contributed by atoms with Crippen LogP contribution in [0.15, 0.2) is 0 Å². The molecule has 0 aromatic rings. The zero-order chi connectivity index (χ0) is 18.5. The molecule has 0 spiro atoms. The molecule has 0 saturated carbocycles. The van der Waals surface area contributed by atoms with Crippen LogP contribution in [0.5, 0.6) is 0 Å². The molecule has 3 heterocycles. The molecule has 0 aliphatic carbocycles. The quantitative estimate of drug-likeness (QED) is 0.704. The van der Waals surface area contributed by atoms with Crippen molar-refractivity contribution < 1.29 is 28.4 Å². The van der Waals surface area contributed by atoms with Crippen LogP contribution in [-0.2, 0) is 28.4 Å². The highest BCUT2D eigenvalue weighted by atomic mass is 16.8. The summed E-state index contributed by atoms with van der Waals surface area (Å²) in [6.45, 7) is 15.5. The molecule has 3 saturated heterocycles. The molecule has 25 heavy (non-hydrogen) atoms. The largest absolute Gasteiger partial charge is 0.372 e. The van der Waals surface area contributed by atoms with Crippen molar-refractivity contribution >= 4 is 0 Å². The summed E-state index contributed by atoms with van der Waals surface area (Å²) in [6, 6.07) is 0. The molecule has 3 aliphatic heterocycles. The first-order chi connectivity index (χ1) is 11.5. The molecular formula is C19H34O6. The van der Waals surface area contributed by atoms with Crippen molar-refractivity contribution in [3.8, 4) is 0 Å². The normalized spacial score (nSPS) is 39.7. The fourth-order valence-corrected chi connectivity index (χ4v) is 3.69. The highest BCUT2D eigenvalue weighted by Gasteiger charge is 2.58. The number of hydrogen-bond donors (Lipinski definition) is 0. The van der Waals surface area contributed by atoms with Gasteiger partial charge in [-0.2, -0.15) is 0 Å². The van der Waals surface area contributed by atoms with E-state index in [2.05, 4.69) is 20.8 Å². The Hall–Kier alpha value is -0.240. The molecule has 3 rings (SSSR count). The summed E-state index contributed by atoms with van der Waals surface area (Å²) < 4.78 is 36.0. The first-order valence-electron chi connectivity index (χ1n) is 9.40. The van der Waals surface area contributed by atoms with E-state index in [1.165, 1.54) is 0 Å². The van der Waals surface area contributed by atoms with Crippen molar-refractivity contribution in [2.45, 2.75) is 104 Å². The van der Waals surface area contributed by atoms with Gasteiger partial charge in [0.25, 0.3) is 0 Å². The Balaban J connectivity index is 1.63. The predicted molar refractivity (Wildman–Crippen MR) is 92.0 cm³/mol. The van der Waals surface area contributed by atoms with Crippen LogP contribution in [0.25, 0.3) is 0 Å². The molecule has 0 N–H and O–H groups in total. The summed E-state index contributed by atoms with van der Waals surface area (Å²) in [4.78, 5) is 0. The molecule has 0 aromatic heterocycles. The van der Waals surface area contributed by atoms with E-state index in [9.17, 15) is 0 Å². The average Bonchev–Trinajstić information content (AvgIpc) is 3.04. The monoisotopic (exact) mass is 358 g/mol. The molecule has 5 atom stereocenters. The first-order valence-corrected chi connectivity index (χ1v) is 9.40. The number of fused-ring (bicyclic) bond motifs is 1. The lowest BCUT2D eigenvalue weighted by Gasteiger charge is -2.29. The standard InChI is InChI=1S/C19H34O6/c1-17(2,3)9-8-10-20-14-13(12-11-21-18(4,5)23-12)22-16-15(14)24-19(6,7)25-16/h12-16H,8-11H2,1-7H3/t12?,13-,14+,15-,16-/m1/s1. The van der Waals surface area contributed by atoms with E-state index in [-0.39, 0.29) is 24.4 Å². The van der Waals surface area contributed by atoms with Crippen LogP contribution in [0, 0.1) is 5.41 Å². The second-order valence-electron chi connectivity index (χ2n) is 9.44. The molecule has 3 fully saturated rings. The minimum atomic E-state index is -0.653. The van der Waals surface area contributed by atoms with Crippen LogP contribution in [-0.4, -0.2) is 55.5 Å². The Morgan fingerprint density at radius 3 is 2.28 bits per heavy atom. The van der Waals surface area contributed by atoms with Crippen molar-refractivity contribution in [2.75, 3.05) is 13.2 Å². The summed E-state index contributed by atoms with van der Waals surface area (Å²) in [7, 11) is 0. The van der Waals surface area contributed by atoms with E-state index in [0.29, 0.717) is 18.6 Å². The lowest BCUT2D eigenvalue weighted by molar-refractivity contribution is -0.236. The predicted octanol–water partition coefficient (Wildman–Crippen LogP) is 3.23. The number of ether oxygens (including phenoxy) is 6. The van der Waals surface area contributed by atoms with Gasteiger partial charge in [0.2, 0.25) is 0 Å². The van der Waals surface area contributed by atoms with Gasteiger partial charge in [-0.1, -0.05) is 20.8 Å². The molecule has 0 amide bonds. The van der Waals surface area contributed by atoms with E-state index in [4.69, 9.17) is 28.4 Å². The van der Waals surface area contributed by atoms with E-state index >= 15 is 0 Å². The minimum Gasteiger partial charge on any atom is -0.372 e. The molecule has 6 nitrogen and oxygen atoms in total. The van der Waals surface area contributed by atoms with Gasteiger partial charge >= 0.3 is 0 Å². The maximum atomic E-state index is 6.23. The zero-order valence-electron chi connectivity index (χ0n) is 16.7. The van der Waals surface area contributed by atoms with Crippen molar-refractivity contribution in [3.63, 3.8) is 0 Å². The van der Waals surface area contributed by atoms with E-state index in [1.807, 2.05) is 27.7 Å². The van der Waals surface area contributed by atoms with E-state index in [1.54, 1.807) is 0 Å². The molecule has 0 radical (unpaired) electrons. The van der Waals surface area contributed by atoms with Crippen LogP contribution < -0.4 is 0 Å². The second-order valence-corrected chi connectivity index (χ2v) is 9.44. The Bertz CT molecular complexity index is 469. The third-order valence-electron chi connectivity index (χ3n) is 4.81. The summed E-state index contributed by atoms with van der Waals surface area (Å²) in [5, 5.41) is 0. The molecule has 6 heteroatoms. The van der Waals surface area contributed by atoms with Crippen molar-refractivity contribution in [2.24, 2.45) is 5.41 Å². The second kappa shape index (κ2) is 6.73. The maximum absolute atomic E-state index is 6.23. The number of hydrogen-bond acceptors (Lipinski definition) is 6. The van der Waals surface area contributed by atoms with Gasteiger partial charge in [-0.15, -0.1) is 0 Å². The molecular weight excluding hydrogens is 324 g/mol. The van der Waals surface area contributed by atoms with Crippen LogP contribution in [0.4, 0.5) is 0 Å². The fraction of sp³-hybridized carbons (Fsp3) is 1.00. The third-order valence-corrected chi connectivity index (χ3v) is 4.81. The van der Waals surface area contributed by atoms with Crippen LogP contribution >= 0.6 is 0 Å². The maximum Gasteiger partial charge on any atom is 0.190 e. The van der Waals surface area contributed by atoms with Gasteiger partial charge in [0.1, 0.15) is 24.4 Å². The summed E-state index contributed by atoms with van der Waals surface area (Å²) >= 11 is 0. The van der Waals surface area contributed by atoms with Crippen molar-refractivity contribution in [1.82, 2.24) is 0 Å². The third kappa shape index (κ3) is 4.73. The highest BCUT2D eigenvalue weighted by molar-refractivity contribution is 4.98. The summed E-state index contributed by atoms with van der Waals surface area (Å²) in [6.07, 6.45) is 0.822. The average molecular weight is 358 g/mol. The van der Waals surface area contributed by atoms with Gasteiger partial charge in [-0.25, -0.2) is 0 Å². The minimum absolute atomic E-state index is 0.177. The molecule has 0 aromatic carbocycles. The van der Waals surface area contributed by atoms with Gasteiger partial charge in [0, 0.05) is 6.61 Å². The van der Waals surface area contributed by atoms with Gasteiger partial charge in [-0.3, -0.25) is 0 Å². The number of rotatable bonds is 5. The molecule has 1 unspecified atom stereocenters. The van der Waals surface area contributed by atoms with Crippen LogP contribution in [0.1, 0.15) is 61.3 Å². The lowest BCUT2D eigenvalue weighted by Crippen LogP contribution is -2.44. The zero-order valence-corrected chi connectivity index (χ0v) is 16.7. The van der Waals surface area contributed by atoms with Gasteiger partial charge in [0.05, 0.1) is 6.61 Å². The SMILES string of the molecule is CC(C)(C)CCCO[C@@H]1[C@H]2OC(C)(C)O[C@H]2O[C@@H]1C1COC(C)(C)O1. The fourth-order valence-electron chi connectivity index (χ4n) is 3.69. The topological polar surface area (TPSA) is 55.4 Å². The van der Waals surface area contributed by atoms with Crippen LogP contribution in [0.2, 0.25) is 0 Å². The Morgan fingerprint density at radius 1 is 0.960 bits per heavy atom. The summed E-state index contributed by atoms with van der Waals surface area (Å²) in [5.74, 6) is -1.25. The molecule has 146 valence electrons.